The van der Waals surface area contributed by atoms with Crippen molar-refractivity contribution in [2.75, 3.05) is 5.75 Å². The fraction of sp³-hybridized carbons (Fsp3) is 0.381. The normalized spacial score (nSPS) is 17.0. The van der Waals surface area contributed by atoms with E-state index in [1.165, 1.54) is 24.3 Å². The van der Waals surface area contributed by atoms with Crippen molar-refractivity contribution in [3.05, 3.63) is 71.5 Å². The Bertz CT molecular complexity index is 852. The summed E-state index contributed by atoms with van der Waals surface area (Å²) in [5.74, 6) is -1.35. The molecule has 1 fully saturated rings. The first kappa shape index (κ1) is 18.8. The van der Waals surface area contributed by atoms with Gasteiger partial charge in [0.2, 0.25) is 0 Å². The third kappa shape index (κ3) is 4.21. The highest BCUT2D eigenvalue weighted by molar-refractivity contribution is 7.91. The number of Topliss-reactive ketones (excluding diaryl/α,β-unsaturated/α-hetero) is 1. The third-order valence-corrected chi connectivity index (χ3v) is 6.69. The van der Waals surface area contributed by atoms with Crippen molar-refractivity contribution >= 4 is 15.6 Å². The molecule has 0 bridgehead atoms. The van der Waals surface area contributed by atoms with Gasteiger partial charge in [0.15, 0.2) is 15.6 Å². The predicted octanol–water partition coefficient (Wildman–Crippen LogP) is 4.21. The van der Waals surface area contributed by atoms with E-state index in [9.17, 15) is 17.6 Å². The zero-order valence-corrected chi connectivity index (χ0v) is 15.5. The second kappa shape index (κ2) is 7.70. The van der Waals surface area contributed by atoms with Gasteiger partial charge in [0.1, 0.15) is 11.6 Å². The first-order valence-corrected chi connectivity index (χ1v) is 10.8. The zero-order valence-electron chi connectivity index (χ0n) is 14.7. The Morgan fingerprint density at radius 1 is 0.923 bits per heavy atom. The van der Waals surface area contributed by atoms with Crippen molar-refractivity contribution in [3.8, 4) is 0 Å². The fourth-order valence-electron chi connectivity index (χ4n) is 3.86. The van der Waals surface area contributed by atoms with E-state index in [1.54, 1.807) is 0 Å². The van der Waals surface area contributed by atoms with Gasteiger partial charge in [-0.05, 0) is 36.1 Å². The van der Waals surface area contributed by atoms with Gasteiger partial charge in [-0.25, -0.2) is 12.8 Å². The number of sulfone groups is 1. The molecule has 2 aromatic rings. The smallest absolute Gasteiger partial charge is 0.161 e. The Kier molecular flexibility index (Phi) is 5.56. The van der Waals surface area contributed by atoms with Crippen LogP contribution in [0, 0.1) is 5.82 Å². The van der Waals surface area contributed by atoms with Crippen LogP contribution in [0.25, 0.3) is 0 Å². The van der Waals surface area contributed by atoms with Crippen LogP contribution in [0.4, 0.5) is 4.39 Å². The summed E-state index contributed by atoms with van der Waals surface area (Å²) in [6, 6.07) is 14.9. The molecule has 0 radical (unpaired) electrons. The summed E-state index contributed by atoms with van der Waals surface area (Å²) in [7, 11) is -3.61. The molecule has 138 valence electrons. The number of carbonyl (C=O) groups excluding carboxylic acids is 1. The van der Waals surface area contributed by atoms with Crippen molar-refractivity contribution in [2.45, 2.75) is 43.3 Å². The molecule has 1 aliphatic rings. The average molecular weight is 374 g/mol. The summed E-state index contributed by atoms with van der Waals surface area (Å²) in [6.45, 7) is 0. The molecule has 5 heteroatoms. The molecule has 1 aliphatic carbocycles. The molecule has 3 rings (SSSR count). The molecule has 0 aliphatic heterocycles. The lowest BCUT2D eigenvalue weighted by molar-refractivity contribution is -0.123. The highest BCUT2D eigenvalue weighted by Gasteiger charge is 2.42. The van der Waals surface area contributed by atoms with Crippen molar-refractivity contribution in [1.82, 2.24) is 0 Å². The number of halogens is 1. The van der Waals surface area contributed by atoms with E-state index in [1.807, 2.05) is 30.3 Å². The van der Waals surface area contributed by atoms with E-state index in [2.05, 4.69) is 0 Å². The SMILES string of the molecule is O=C(CS(=O)(=O)Cc1ccc(F)cc1)C1(c2ccccc2)CCCCC1. The largest absolute Gasteiger partial charge is 0.298 e. The molecule has 3 nitrogen and oxygen atoms in total. The van der Waals surface area contributed by atoms with Gasteiger partial charge in [0.25, 0.3) is 0 Å². The van der Waals surface area contributed by atoms with Gasteiger partial charge < -0.3 is 0 Å². The predicted molar refractivity (Wildman–Crippen MR) is 100 cm³/mol. The minimum absolute atomic E-state index is 0.217. The molecule has 0 atom stereocenters. The van der Waals surface area contributed by atoms with Gasteiger partial charge in [0.05, 0.1) is 11.2 Å². The number of hydrogen-bond acceptors (Lipinski definition) is 3. The van der Waals surface area contributed by atoms with Crippen LogP contribution >= 0.6 is 0 Å². The van der Waals surface area contributed by atoms with Crippen molar-refractivity contribution in [3.63, 3.8) is 0 Å². The van der Waals surface area contributed by atoms with Crippen LogP contribution in [0.15, 0.2) is 54.6 Å². The van der Waals surface area contributed by atoms with Crippen molar-refractivity contribution in [1.29, 1.82) is 0 Å². The van der Waals surface area contributed by atoms with E-state index >= 15 is 0 Å². The number of hydrogen-bond donors (Lipinski definition) is 0. The summed E-state index contributed by atoms with van der Waals surface area (Å²) >= 11 is 0. The maximum absolute atomic E-state index is 13.1. The van der Waals surface area contributed by atoms with Gasteiger partial charge in [-0.15, -0.1) is 0 Å². The monoisotopic (exact) mass is 374 g/mol. The van der Waals surface area contributed by atoms with Crippen molar-refractivity contribution in [2.24, 2.45) is 0 Å². The molecule has 26 heavy (non-hydrogen) atoms. The van der Waals surface area contributed by atoms with Crippen LogP contribution < -0.4 is 0 Å². The molecule has 0 amide bonds. The van der Waals surface area contributed by atoms with Crippen LogP contribution in [0.2, 0.25) is 0 Å². The molecule has 0 spiro atoms. The van der Waals surface area contributed by atoms with E-state index in [4.69, 9.17) is 0 Å². The number of rotatable bonds is 6. The number of carbonyl (C=O) groups is 1. The van der Waals surface area contributed by atoms with Gasteiger partial charge in [-0.1, -0.05) is 61.7 Å². The molecule has 2 aromatic carbocycles. The molecule has 1 saturated carbocycles. The summed E-state index contributed by atoms with van der Waals surface area (Å²) < 4.78 is 38.2. The molecule has 0 unspecified atom stereocenters. The summed E-state index contributed by atoms with van der Waals surface area (Å²) in [4.78, 5) is 13.1. The Morgan fingerprint density at radius 3 is 2.15 bits per heavy atom. The highest BCUT2D eigenvalue weighted by atomic mass is 32.2. The van der Waals surface area contributed by atoms with E-state index in [0.717, 1.165) is 24.8 Å². The topological polar surface area (TPSA) is 51.2 Å². The summed E-state index contributed by atoms with van der Waals surface area (Å²) in [5.41, 5.74) is 0.716. The van der Waals surface area contributed by atoms with Gasteiger partial charge in [-0.3, -0.25) is 4.79 Å². The van der Waals surface area contributed by atoms with Crippen LogP contribution in [-0.2, 0) is 25.8 Å². The van der Waals surface area contributed by atoms with Crippen LogP contribution in [0.5, 0.6) is 0 Å². The molecule has 0 N–H and O–H groups in total. The molecule has 0 saturated heterocycles. The lowest BCUT2D eigenvalue weighted by Gasteiger charge is -2.36. The third-order valence-electron chi connectivity index (χ3n) is 5.22. The molecular weight excluding hydrogens is 351 g/mol. The Morgan fingerprint density at radius 2 is 1.54 bits per heavy atom. The van der Waals surface area contributed by atoms with Gasteiger partial charge in [-0.2, -0.15) is 0 Å². The molecule has 0 heterocycles. The number of benzene rings is 2. The maximum atomic E-state index is 13.1. The lowest BCUT2D eigenvalue weighted by Crippen LogP contribution is -2.41. The van der Waals surface area contributed by atoms with Gasteiger partial charge in [0, 0.05) is 0 Å². The first-order valence-electron chi connectivity index (χ1n) is 8.95. The number of ketones is 1. The van der Waals surface area contributed by atoms with Crippen LogP contribution in [0.1, 0.15) is 43.2 Å². The second-order valence-corrected chi connectivity index (χ2v) is 9.16. The van der Waals surface area contributed by atoms with Crippen LogP contribution in [-0.4, -0.2) is 20.0 Å². The average Bonchev–Trinajstić information content (AvgIpc) is 2.64. The highest BCUT2D eigenvalue weighted by Crippen LogP contribution is 2.40. The Balaban J connectivity index is 1.82. The zero-order chi connectivity index (χ0) is 18.6. The van der Waals surface area contributed by atoms with E-state index < -0.39 is 26.8 Å². The first-order chi connectivity index (χ1) is 12.4. The standard InChI is InChI=1S/C21H23FO3S/c22-19-11-9-17(10-12-19)15-26(24,25)16-20(23)21(13-5-2-6-14-21)18-7-3-1-4-8-18/h1,3-4,7-12H,2,5-6,13-16H2. The van der Waals surface area contributed by atoms with Crippen LogP contribution in [0.3, 0.4) is 0 Å². The van der Waals surface area contributed by atoms with E-state index in [-0.39, 0.29) is 11.5 Å². The lowest BCUT2D eigenvalue weighted by atomic mass is 9.67. The fourth-order valence-corrected chi connectivity index (χ4v) is 5.34. The quantitative estimate of drug-likeness (QED) is 0.761. The Labute approximate surface area is 154 Å². The van der Waals surface area contributed by atoms with Crippen molar-refractivity contribution < 1.29 is 17.6 Å². The van der Waals surface area contributed by atoms with Gasteiger partial charge >= 0.3 is 0 Å². The summed E-state index contributed by atoms with van der Waals surface area (Å²) in [6.07, 6.45) is 4.32. The van der Waals surface area contributed by atoms with E-state index in [0.29, 0.717) is 18.4 Å². The maximum Gasteiger partial charge on any atom is 0.161 e. The Hall–Kier alpha value is -2.01. The minimum Gasteiger partial charge on any atom is -0.298 e. The second-order valence-electron chi connectivity index (χ2n) is 7.09. The molecular formula is C21H23FO3S. The summed E-state index contributed by atoms with van der Waals surface area (Å²) in [5, 5.41) is 0. The minimum atomic E-state index is -3.61. The molecule has 0 aromatic heterocycles.